The van der Waals surface area contributed by atoms with Gasteiger partial charge in [-0.1, -0.05) is 0 Å². The molecule has 1 aliphatic heterocycles. The predicted octanol–water partition coefficient (Wildman–Crippen LogP) is 0.279. The molecule has 0 bridgehead atoms. The molecule has 1 saturated heterocycles. The zero-order valence-electron chi connectivity index (χ0n) is 12.6. The minimum atomic E-state index is -0.424. The van der Waals surface area contributed by atoms with Crippen LogP contribution in [0, 0.1) is 0 Å². The summed E-state index contributed by atoms with van der Waals surface area (Å²) in [6.07, 6.45) is 3.73. The third-order valence-electron chi connectivity index (χ3n) is 4.15. The van der Waals surface area contributed by atoms with Gasteiger partial charge in [0.1, 0.15) is 6.54 Å². The number of esters is 1. The maximum Gasteiger partial charge on any atom is 0.337 e. The highest BCUT2D eigenvalue weighted by molar-refractivity contribution is 5.93. The number of carbonyl (C=O) groups excluding carboxylic acids is 1. The van der Waals surface area contributed by atoms with Gasteiger partial charge in [0.2, 0.25) is 0 Å². The number of ether oxygens (including phenoxy) is 1. The van der Waals surface area contributed by atoms with E-state index in [9.17, 15) is 9.59 Å². The molecule has 6 heteroatoms. The van der Waals surface area contributed by atoms with Gasteiger partial charge in [0.05, 0.1) is 36.7 Å². The Balaban J connectivity index is 1.94. The first-order valence-corrected chi connectivity index (χ1v) is 7.62. The molecule has 0 aliphatic carbocycles. The minimum Gasteiger partial charge on any atom is -0.465 e. The van der Waals surface area contributed by atoms with Crippen LogP contribution in [0.1, 0.15) is 35.4 Å². The number of rotatable bonds is 3. The smallest absolute Gasteiger partial charge is 0.337 e. The lowest BCUT2D eigenvalue weighted by atomic mass is 10.1. The van der Waals surface area contributed by atoms with Crippen LogP contribution in [-0.4, -0.2) is 36.1 Å². The number of fused-ring (bicyclic) bond motifs is 1. The summed E-state index contributed by atoms with van der Waals surface area (Å²) in [4.78, 5) is 32.6. The van der Waals surface area contributed by atoms with E-state index in [2.05, 4.69) is 9.97 Å². The van der Waals surface area contributed by atoms with E-state index in [4.69, 9.17) is 4.74 Å². The van der Waals surface area contributed by atoms with E-state index in [1.165, 1.54) is 31.3 Å². The quantitative estimate of drug-likeness (QED) is 0.799. The number of methoxy groups -OCH3 is 1. The summed E-state index contributed by atoms with van der Waals surface area (Å²) in [6.45, 7) is 2.95. The molecule has 1 aromatic carbocycles. The number of quaternary nitrogens is 1. The van der Waals surface area contributed by atoms with E-state index in [1.54, 1.807) is 18.2 Å². The number of aromatic amines is 1. The lowest BCUT2D eigenvalue weighted by Crippen LogP contribution is -3.11. The van der Waals surface area contributed by atoms with Gasteiger partial charge >= 0.3 is 5.97 Å². The molecule has 1 fully saturated rings. The molecule has 116 valence electrons. The van der Waals surface area contributed by atoms with Crippen molar-refractivity contribution in [3.63, 3.8) is 0 Å². The van der Waals surface area contributed by atoms with Crippen LogP contribution in [0.4, 0.5) is 0 Å². The normalized spacial score (nSPS) is 15.9. The van der Waals surface area contributed by atoms with Gasteiger partial charge in [0.15, 0.2) is 5.82 Å². The standard InChI is InChI=1S/C16H19N3O3/c1-22-16(21)11-5-6-12-13(9-11)17-14(18-15(12)20)10-19-7-3-2-4-8-19/h5-6,9H,2-4,7-8,10H2,1H3,(H,17,18,20)/p+1. The molecular formula is C16H20N3O3+. The molecule has 0 spiro atoms. The summed E-state index contributed by atoms with van der Waals surface area (Å²) < 4.78 is 4.71. The highest BCUT2D eigenvalue weighted by Gasteiger charge is 2.16. The predicted molar refractivity (Wildman–Crippen MR) is 82.0 cm³/mol. The monoisotopic (exact) mass is 302 g/mol. The third kappa shape index (κ3) is 3.01. The first-order chi connectivity index (χ1) is 10.7. The topological polar surface area (TPSA) is 76.5 Å². The van der Waals surface area contributed by atoms with Crippen LogP contribution in [-0.2, 0) is 11.3 Å². The van der Waals surface area contributed by atoms with Crippen LogP contribution in [0.15, 0.2) is 23.0 Å². The van der Waals surface area contributed by atoms with Gasteiger partial charge in [0.25, 0.3) is 5.56 Å². The number of aromatic nitrogens is 2. The molecule has 0 unspecified atom stereocenters. The van der Waals surface area contributed by atoms with Gasteiger partial charge in [-0.2, -0.15) is 0 Å². The van der Waals surface area contributed by atoms with Crippen molar-refractivity contribution in [1.82, 2.24) is 9.97 Å². The zero-order chi connectivity index (χ0) is 15.5. The Bertz CT molecular complexity index is 748. The lowest BCUT2D eigenvalue weighted by Gasteiger charge is -2.22. The van der Waals surface area contributed by atoms with Crippen LogP contribution in [0.3, 0.4) is 0 Å². The number of piperidine rings is 1. The molecule has 1 aliphatic rings. The SMILES string of the molecule is COC(=O)c1ccc2c(=O)[nH]c(C[NH+]3CCCCC3)nc2c1. The molecule has 0 atom stereocenters. The minimum absolute atomic E-state index is 0.159. The molecule has 2 heterocycles. The average Bonchev–Trinajstić information content (AvgIpc) is 2.54. The number of hydrogen-bond donors (Lipinski definition) is 2. The molecule has 0 amide bonds. The van der Waals surface area contributed by atoms with Crippen molar-refractivity contribution in [1.29, 1.82) is 0 Å². The van der Waals surface area contributed by atoms with E-state index in [0.29, 0.717) is 28.8 Å². The van der Waals surface area contributed by atoms with E-state index in [0.717, 1.165) is 13.1 Å². The average molecular weight is 302 g/mol. The summed E-state index contributed by atoms with van der Waals surface area (Å²) in [5.41, 5.74) is 0.787. The third-order valence-corrected chi connectivity index (χ3v) is 4.15. The number of hydrogen-bond acceptors (Lipinski definition) is 4. The van der Waals surface area contributed by atoms with Gasteiger partial charge in [-0.15, -0.1) is 0 Å². The number of nitrogens with one attached hydrogen (secondary N) is 2. The summed E-state index contributed by atoms with van der Waals surface area (Å²) in [7, 11) is 1.34. The van der Waals surface area contributed by atoms with Gasteiger partial charge in [-0.05, 0) is 37.5 Å². The molecular weight excluding hydrogens is 282 g/mol. The summed E-state index contributed by atoms with van der Waals surface area (Å²) in [5, 5.41) is 0.491. The van der Waals surface area contributed by atoms with E-state index in [-0.39, 0.29) is 5.56 Å². The first kappa shape index (κ1) is 14.7. The molecule has 2 N–H and O–H groups in total. The number of carbonyl (C=O) groups is 1. The number of likely N-dealkylation sites (tertiary alicyclic amines) is 1. The Kier molecular flexibility index (Phi) is 4.20. The van der Waals surface area contributed by atoms with Gasteiger partial charge in [-0.3, -0.25) is 4.79 Å². The number of benzene rings is 1. The van der Waals surface area contributed by atoms with E-state index in [1.807, 2.05) is 0 Å². The van der Waals surface area contributed by atoms with Crippen molar-refractivity contribution in [2.75, 3.05) is 20.2 Å². The fourth-order valence-corrected chi connectivity index (χ4v) is 2.98. The number of H-pyrrole nitrogens is 1. The van der Waals surface area contributed by atoms with Gasteiger partial charge < -0.3 is 14.6 Å². The maximum absolute atomic E-state index is 12.2. The van der Waals surface area contributed by atoms with E-state index >= 15 is 0 Å². The molecule has 0 saturated carbocycles. The second-order valence-electron chi connectivity index (χ2n) is 5.72. The lowest BCUT2D eigenvalue weighted by molar-refractivity contribution is -0.919. The highest BCUT2D eigenvalue weighted by atomic mass is 16.5. The first-order valence-electron chi connectivity index (χ1n) is 7.62. The maximum atomic E-state index is 12.2. The van der Waals surface area contributed by atoms with E-state index < -0.39 is 5.97 Å². The molecule has 6 nitrogen and oxygen atoms in total. The molecule has 1 aromatic heterocycles. The van der Waals surface area contributed by atoms with Crippen molar-refractivity contribution in [3.8, 4) is 0 Å². The fourth-order valence-electron chi connectivity index (χ4n) is 2.98. The van der Waals surface area contributed by atoms with Crippen molar-refractivity contribution in [2.45, 2.75) is 25.8 Å². The fraction of sp³-hybridized carbons (Fsp3) is 0.438. The molecule has 22 heavy (non-hydrogen) atoms. The Labute approximate surface area is 128 Å². The Morgan fingerprint density at radius 3 is 2.82 bits per heavy atom. The summed E-state index contributed by atoms with van der Waals surface area (Å²) in [5.74, 6) is 0.253. The number of nitrogens with zero attached hydrogens (tertiary/aromatic N) is 1. The van der Waals surface area contributed by atoms with Crippen LogP contribution in [0.25, 0.3) is 10.9 Å². The Morgan fingerprint density at radius 1 is 1.32 bits per heavy atom. The Morgan fingerprint density at radius 2 is 2.09 bits per heavy atom. The second-order valence-corrected chi connectivity index (χ2v) is 5.72. The largest absolute Gasteiger partial charge is 0.465 e. The van der Waals surface area contributed by atoms with Gasteiger partial charge in [-0.25, -0.2) is 9.78 Å². The highest BCUT2D eigenvalue weighted by Crippen LogP contribution is 2.11. The van der Waals surface area contributed by atoms with Crippen molar-refractivity contribution < 1.29 is 14.4 Å². The second kappa shape index (κ2) is 6.27. The molecule has 3 rings (SSSR count). The summed E-state index contributed by atoms with van der Waals surface area (Å²) >= 11 is 0. The van der Waals surface area contributed by atoms with Crippen molar-refractivity contribution in [2.24, 2.45) is 0 Å². The molecule has 0 radical (unpaired) electrons. The van der Waals surface area contributed by atoms with Crippen molar-refractivity contribution >= 4 is 16.9 Å². The van der Waals surface area contributed by atoms with Crippen LogP contribution in [0.5, 0.6) is 0 Å². The zero-order valence-corrected chi connectivity index (χ0v) is 12.6. The van der Waals surface area contributed by atoms with Crippen LogP contribution >= 0.6 is 0 Å². The van der Waals surface area contributed by atoms with Crippen LogP contribution in [0.2, 0.25) is 0 Å². The van der Waals surface area contributed by atoms with Crippen LogP contribution < -0.4 is 10.5 Å². The Hall–Kier alpha value is -2.21. The van der Waals surface area contributed by atoms with Crippen molar-refractivity contribution in [3.05, 3.63) is 39.9 Å². The summed E-state index contributed by atoms with van der Waals surface area (Å²) in [6, 6.07) is 4.82. The van der Waals surface area contributed by atoms with Gasteiger partial charge in [0, 0.05) is 0 Å². The molecule has 2 aromatic rings.